The van der Waals surface area contributed by atoms with Crippen molar-refractivity contribution in [1.82, 2.24) is 15.4 Å². The molecular weight excluding hydrogens is 293 g/mol. The van der Waals surface area contributed by atoms with E-state index in [1.807, 2.05) is 6.92 Å². The van der Waals surface area contributed by atoms with E-state index < -0.39 is 5.82 Å². The van der Waals surface area contributed by atoms with E-state index in [0.29, 0.717) is 12.1 Å². The van der Waals surface area contributed by atoms with Gasteiger partial charge in [0.25, 0.3) is 5.91 Å². The van der Waals surface area contributed by atoms with Crippen molar-refractivity contribution in [2.45, 2.75) is 6.92 Å². The van der Waals surface area contributed by atoms with Gasteiger partial charge in [0.15, 0.2) is 5.01 Å². The van der Waals surface area contributed by atoms with Crippen LogP contribution in [0.3, 0.4) is 0 Å². The van der Waals surface area contributed by atoms with E-state index >= 15 is 0 Å². The molecule has 0 spiro atoms. The summed E-state index contributed by atoms with van der Waals surface area (Å²) in [6.45, 7) is 2.31. The van der Waals surface area contributed by atoms with E-state index in [-0.39, 0.29) is 22.4 Å². The zero-order valence-corrected chi connectivity index (χ0v) is 12.4. The Morgan fingerprint density at radius 2 is 2.00 bits per heavy atom. The molecule has 0 aliphatic carbocycles. The van der Waals surface area contributed by atoms with Gasteiger partial charge in [0.05, 0.1) is 0 Å². The average molecular weight is 307 g/mol. The van der Waals surface area contributed by atoms with Crippen LogP contribution >= 0.6 is 11.3 Å². The molecular formula is C14H14FN3O2S. The summed E-state index contributed by atoms with van der Waals surface area (Å²) < 4.78 is 12.8. The summed E-state index contributed by atoms with van der Waals surface area (Å²) in [4.78, 5) is 28.3. The molecule has 0 radical (unpaired) electrons. The molecule has 0 aliphatic heterocycles. The molecule has 5 nitrogen and oxygen atoms in total. The van der Waals surface area contributed by atoms with Crippen LogP contribution in [0.1, 0.15) is 32.8 Å². The zero-order chi connectivity index (χ0) is 15.4. The molecule has 1 aromatic heterocycles. The number of amides is 1. The molecule has 1 amide bonds. The molecule has 0 fully saturated rings. The number of nitrogens with one attached hydrogen (secondary N) is 1. The van der Waals surface area contributed by atoms with Gasteiger partial charge in [0.1, 0.15) is 11.5 Å². The van der Waals surface area contributed by atoms with Gasteiger partial charge < -0.3 is 0 Å². The Morgan fingerprint density at radius 1 is 1.33 bits per heavy atom. The highest BCUT2D eigenvalue weighted by Gasteiger charge is 2.19. The maximum absolute atomic E-state index is 12.8. The number of aromatic nitrogens is 1. The Bertz CT molecular complexity index is 650. The van der Waals surface area contributed by atoms with E-state index in [2.05, 4.69) is 10.4 Å². The van der Waals surface area contributed by atoms with Gasteiger partial charge in [-0.3, -0.25) is 14.6 Å². The minimum Gasteiger partial charge on any atom is -0.286 e. The second-order valence-electron chi connectivity index (χ2n) is 4.15. The van der Waals surface area contributed by atoms with Gasteiger partial charge in [0, 0.05) is 24.5 Å². The van der Waals surface area contributed by atoms with Gasteiger partial charge in [-0.05, 0) is 31.2 Å². The first-order valence-corrected chi connectivity index (χ1v) is 7.19. The fraction of sp³-hybridized carbons (Fsp3) is 0.214. The second kappa shape index (κ2) is 6.55. The topological polar surface area (TPSA) is 62.3 Å². The monoisotopic (exact) mass is 307 g/mol. The number of hydrogen-bond donors (Lipinski definition) is 1. The first kappa shape index (κ1) is 15.3. The molecule has 0 bridgehead atoms. The number of benzene rings is 1. The third kappa shape index (κ3) is 3.32. The van der Waals surface area contributed by atoms with Gasteiger partial charge in [-0.2, -0.15) is 0 Å². The molecule has 0 unspecified atom stereocenters. The maximum Gasteiger partial charge on any atom is 0.287 e. The van der Waals surface area contributed by atoms with Crippen molar-refractivity contribution < 1.29 is 14.0 Å². The molecule has 2 aromatic rings. The molecule has 7 heteroatoms. The molecule has 110 valence electrons. The number of rotatable bonds is 5. The molecule has 1 N–H and O–H groups in total. The maximum atomic E-state index is 12.8. The molecule has 0 saturated carbocycles. The summed E-state index contributed by atoms with van der Waals surface area (Å²) in [5.74, 6) is -1.03. The van der Waals surface area contributed by atoms with Crippen LogP contribution in [0.2, 0.25) is 0 Å². The van der Waals surface area contributed by atoms with E-state index in [1.54, 1.807) is 12.4 Å². The van der Waals surface area contributed by atoms with Crippen LogP contribution in [-0.2, 0) is 0 Å². The predicted octanol–water partition coefficient (Wildman–Crippen LogP) is 2.11. The zero-order valence-electron chi connectivity index (χ0n) is 11.6. The number of carbonyl (C=O) groups is 2. The Labute approximate surface area is 125 Å². The van der Waals surface area contributed by atoms with Crippen molar-refractivity contribution in [3.05, 3.63) is 51.7 Å². The third-order valence-electron chi connectivity index (χ3n) is 2.86. The Hall–Kier alpha value is -2.12. The van der Waals surface area contributed by atoms with Gasteiger partial charge in [-0.15, -0.1) is 11.3 Å². The second-order valence-corrected chi connectivity index (χ2v) is 5.01. The van der Waals surface area contributed by atoms with Crippen LogP contribution < -0.4 is 5.43 Å². The van der Waals surface area contributed by atoms with Gasteiger partial charge in [-0.25, -0.2) is 14.8 Å². The lowest BCUT2D eigenvalue weighted by Crippen LogP contribution is -2.40. The molecule has 1 aromatic carbocycles. The van der Waals surface area contributed by atoms with Crippen LogP contribution in [0.5, 0.6) is 0 Å². The van der Waals surface area contributed by atoms with Crippen LogP contribution in [0.4, 0.5) is 4.39 Å². The fourth-order valence-corrected chi connectivity index (χ4v) is 2.50. The summed E-state index contributed by atoms with van der Waals surface area (Å²) in [7, 11) is 1.64. The number of thiazole rings is 1. The van der Waals surface area contributed by atoms with Crippen molar-refractivity contribution >= 4 is 23.0 Å². The average Bonchev–Trinajstić information content (AvgIpc) is 2.98. The highest BCUT2D eigenvalue weighted by molar-refractivity contribution is 7.12. The highest BCUT2D eigenvalue weighted by Crippen LogP contribution is 2.16. The molecule has 0 atom stereocenters. The number of nitrogens with zero attached hydrogens (tertiary/aromatic N) is 2. The first-order valence-electron chi connectivity index (χ1n) is 6.31. The van der Waals surface area contributed by atoms with Crippen molar-refractivity contribution in [2.75, 3.05) is 13.6 Å². The fourth-order valence-electron chi connectivity index (χ4n) is 1.74. The van der Waals surface area contributed by atoms with Crippen molar-refractivity contribution in [2.24, 2.45) is 0 Å². The molecule has 0 aliphatic rings. The van der Waals surface area contributed by atoms with Crippen LogP contribution in [0.15, 0.2) is 29.6 Å². The molecule has 21 heavy (non-hydrogen) atoms. The van der Waals surface area contributed by atoms with E-state index in [1.165, 1.54) is 29.3 Å². The third-order valence-corrected chi connectivity index (χ3v) is 3.70. The minimum absolute atomic E-state index is 0.206. The van der Waals surface area contributed by atoms with Crippen LogP contribution in [-0.4, -0.2) is 35.3 Å². The number of halogens is 1. The van der Waals surface area contributed by atoms with Gasteiger partial charge in [0.2, 0.25) is 5.78 Å². The smallest absolute Gasteiger partial charge is 0.286 e. The molecule has 1 heterocycles. The van der Waals surface area contributed by atoms with Crippen LogP contribution in [0, 0.1) is 5.82 Å². The first-order chi connectivity index (χ1) is 10.1. The van der Waals surface area contributed by atoms with Gasteiger partial charge >= 0.3 is 0 Å². The Balaban J connectivity index is 2.21. The normalized spacial score (nSPS) is 10.4. The number of carbonyl (C=O) groups excluding carboxylic acids is 2. The summed E-state index contributed by atoms with van der Waals surface area (Å²) in [6, 6.07) is 5.22. The summed E-state index contributed by atoms with van der Waals surface area (Å²) in [5, 5.41) is 3.14. The lowest BCUT2D eigenvalue weighted by atomic mass is 10.1. The quantitative estimate of drug-likeness (QED) is 0.679. The largest absolute Gasteiger partial charge is 0.287 e. The van der Waals surface area contributed by atoms with E-state index in [4.69, 9.17) is 0 Å². The Morgan fingerprint density at radius 3 is 2.57 bits per heavy atom. The van der Waals surface area contributed by atoms with Crippen molar-refractivity contribution in [3.8, 4) is 0 Å². The SMILES string of the molecule is CCN(NC)C(=O)c1csc(C(=O)c2ccc(F)cc2)n1. The standard InChI is InChI=1S/C14H14FN3O2S/c1-3-18(16-2)14(20)11-8-21-13(17-11)12(19)9-4-6-10(15)7-5-9/h4-8,16H,3H2,1-2H3. The lowest BCUT2D eigenvalue weighted by Gasteiger charge is -2.17. The highest BCUT2D eigenvalue weighted by atomic mass is 32.1. The number of hydrazine groups is 1. The van der Waals surface area contributed by atoms with Crippen LogP contribution in [0.25, 0.3) is 0 Å². The Kier molecular flexibility index (Phi) is 4.77. The summed E-state index contributed by atoms with van der Waals surface area (Å²) in [5.41, 5.74) is 3.30. The van der Waals surface area contributed by atoms with Crippen molar-refractivity contribution in [3.63, 3.8) is 0 Å². The summed E-state index contributed by atoms with van der Waals surface area (Å²) in [6.07, 6.45) is 0. The minimum atomic E-state index is -0.408. The predicted molar refractivity (Wildman–Crippen MR) is 77.7 cm³/mol. The number of hydrogen-bond acceptors (Lipinski definition) is 5. The molecule has 0 saturated heterocycles. The van der Waals surface area contributed by atoms with E-state index in [0.717, 1.165) is 11.3 Å². The molecule has 2 rings (SSSR count). The number of ketones is 1. The lowest BCUT2D eigenvalue weighted by molar-refractivity contribution is 0.0688. The van der Waals surface area contributed by atoms with Crippen molar-refractivity contribution in [1.29, 1.82) is 0 Å². The summed E-state index contributed by atoms with van der Waals surface area (Å²) >= 11 is 1.09. The van der Waals surface area contributed by atoms with Gasteiger partial charge in [-0.1, -0.05) is 0 Å². The van der Waals surface area contributed by atoms with E-state index in [9.17, 15) is 14.0 Å².